The summed E-state index contributed by atoms with van der Waals surface area (Å²) >= 11 is 1.64. The first-order valence-electron chi connectivity index (χ1n) is 6.15. The number of carbonyl (C=O) groups is 1. The van der Waals surface area contributed by atoms with Crippen LogP contribution in [0.5, 0.6) is 0 Å². The van der Waals surface area contributed by atoms with Crippen LogP contribution in [0, 0.1) is 0 Å². The van der Waals surface area contributed by atoms with Crippen LogP contribution in [0.4, 0.5) is 0 Å². The molecule has 106 valence electrons. The lowest BCUT2D eigenvalue weighted by Crippen LogP contribution is -2.40. The van der Waals surface area contributed by atoms with Gasteiger partial charge in [0.15, 0.2) is 0 Å². The normalized spacial score (nSPS) is 23.8. The van der Waals surface area contributed by atoms with E-state index >= 15 is 0 Å². The molecule has 0 bridgehead atoms. The monoisotopic (exact) mass is 302 g/mol. The molecule has 1 aromatic rings. The van der Waals surface area contributed by atoms with Crippen molar-refractivity contribution in [1.29, 1.82) is 0 Å². The van der Waals surface area contributed by atoms with Gasteiger partial charge in [-0.05, 0) is 42.8 Å². The average molecular weight is 302 g/mol. The molecular weight excluding hydrogens is 284 g/mol. The zero-order valence-corrected chi connectivity index (χ0v) is 12.6. The summed E-state index contributed by atoms with van der Waals surface area (Å²) < 4.78 is 25.0. The van der Waals surface area contributed by atoms with Gasteiger partial charge >= 0.3 is 0 Å². The molecule has 0 spiro atoms. The van der Waals surface area contributed by atoms with E-state index in [9.17, 15) is 13.2 Å². The third-order valence-electron chi connectivity index (χ3n) is 3.53. The second-order valence-corrected chi connectivity index (χ2v) is 7.55. The molecule has 19 heavy (non-hydrogen) atoms. The molecule has 1 saturated heterocycles. The largest absolute Gasteiger partial charge is 0.338 e. The van der Waals surface area contributed by atoms with Gasteiger partial charge in [-0.1, -0.05) is 0 Å². The first kappa shape index (κ1) is 14.5. The minimum absolute atomic E-state index is 0.0875. The molecule has 2 atom stereocenters. The lowest BCUT2D eigenvalue weighted by atomic mass is 10.00. The molecule has 0 unspecified atom stereocenters. The van der Waals surface area contributed by atoms with Crippen LogP contribution < -0.4 is 4.72 Å². The number of carbonyl (C=O) groups excluding carboxylic acids is 1. The van der Waals surface area contributed by atoms with Crippen molar-refractivity contribution in [2.24, 2.45) is 0 Å². The number of amides is 1. The van der Waals surface area contributed by atoms with Crippen LogP contribution in [0.1, 0.15) is 24.8 Å². The number of hydrogen-bond donors (Lipinski definition) is 1. The Morgan fingerprint density at radius 3 is 2.89 bits per heavy atom. The van der Waals surface area contributed by atoms with Crippen molar-refractivity contribution in [1.82, 2.24) is 9.62 Å². The predicted octanol–water partition coefficient (Wildman–Crippen LogP) is 1.00. The zero-order chi connectivity index (χ0) is 14.0. The molecule has 7 heteroatoms. The molecule has 2 heterocycles. The van der Waals surface area contributed by atoms with Crippen LogP contribution in [0.15, 0.2) is 16.8 Å². The van der Waals surface area contributed by atoms with Crippen molar-refractivity contribution >= 4 is 27.3 Å². The number of likely N-dealkylation sites (tertiary alicyclic amines) is 1. The van der Waals surface area contributed by atoms with Gasteiger partial charge in [-0.2, -0.15) is 11.3 Å². The van der Waals surface area contributed by atoms with E-state index in [0.29, 0.717) is 12.5 Å². The fraction of sp³-hybridized carbons (Fsp3) is 0.583. The van der Waals surface area contributed by atoms with E-state index in [0.717, 1.165) is 6.42 Å². The molecule has 1 fully saturated rings. The lowest BCUT2D eigenvalue weighted by Gasteiger charge is -2.21. The first-order valence-corrected chi connectivity index (χ1v) is 8.75. The van der Waals surface area contributed by atoms with Crippen LogP contribution >= 0.6 is 11.3 Å². The van der Waals surface area contributed by atoms with Crippen LogP contribution in [0.25, 0.3) is 0 Å². The molecule has 0 radical (unpaired) electrons. The maximum Gasteiger partial charge on any atom is 0.239 e. The molecule has 2 rings (SSSR count). The fourth-order valence-electron chi connectivity index (χ4n) is 2.44. The third kappa shape index (κ3) is 3.34. The minimum Gasteiger partial charge on any atom is -0.338 e. The van der Waals surface area contributed by atoms with E-state index in [2.05, 4.69) is 16.2 Å². The number of nitrogens with zero attached hydrogens (tertiary/aromatic N) is 1. The van der Waals surface area contributed by atoms with Crippen LogP contribution in [-0.4, -0.2) is 44.6 Å². The Hall–Kier alpha value is -0.920. The van der Waals surface area contributed by atoms with Gasteiger partial charge in [-0.25, -0.2) is 13.1 Å². The summed E-state index contributed by atoms with van der Waals surface area (Å²) in [6, 6.07) is 2.16. The molecule has 1 aromatic heterocycles. The van der Waals surface area contributed by atoms with Crippen molar-refractivity contribution < 1.29 is 13.2 Å². The van der Waals surface area contributed by atoms with E-state index in [4.69, 9.17) is 0 Å². The lowest BCUT2D eigenvalue weighted by molar-refractivity contribution is -0.128. The van der Waals surface area contributed by atoms with E-state index in [1.807, 2.05) is 12.3 Å². The highest BCUT2D eigenvalue weighted by Gasteiger charge is 2.34. The molecule has 1 aliphatic rings. The molecule has 0 aromatic carbocycles. The second-order valence-electron chi connectivity index (χ2n) is 4.85. The first-order chi connectivity index (χ1) is 8.93. The predicted molar refractivity (Wildman–Crippen MR) is 75.7 cm³/mol. The highest BCUT2D eigenvalue weighted by Crippen LogP contribution is 2.32. The molecule has 0 saturated carbocycles. The number of hydrogen-bond acceptors (Lipinski definition) is 4. The highest BCUT2D eigenvalue weighted by molar-refractivity contribution is 7.90. The van der Waals surface area contributed by atoms with E-state index in [1.165, 1.54) is 12.6 Å². The van der Waals surface area contributed by atoms with Gasteiger partial charge < -0.3 is 4.90 Å². The summed E-state index contributed by atoms with van der Waals surface area (Å²) in [5.41, 5.74) is 1.24. The topological polar surface area (TPSA) is 66.5 Å². The van der Waals surface area contributed by atoms with Gasteiger partial charge in [0, 0.05) is 18.5 Å². The van der Waals surface area contributed by atoms with Gasteiger partial charge in [0.25, 0.3) is 0 Å². The maximum atomic E-state index is 12.1. The zero-order valence-electron chi connectivity index (χ0n) is 11.0. The molecule has 1 aliphatic heterocycles. The third-order valence-corrected chi connectivity index (χ3v) is 5.48. The number of thiophene rings is 1. The summed E-state index contributed by atoms with van der Waals surface area (Å²) in [4.78, 5) is 13.7. The summed E-state index contributed by atoms with van der Waals surface area (Å²) in [5.74, 6) is -0.466. The highest BCUT2D eigenvalue weighted by atomic mass is 32.2. The number of nitrogens with one attached hydrogen (secondary N) is 1. The Kier molecular flexibility index (Phi) is 4.27. The quantitative estimate of drug-likeness (QED) is 0.902. The molecular formula is C12H18N2O3S2. The minimum atomic E-state index is -3.49. The van der Waals surface area contributed by atoms with Crippen LogP contribution in [-0.2, 0) is 14.8 Å². The van der Waals surface area contributed by atoms with Crippen LogP contribution in [0.3, 0.4) is 0 Å². The Morgan fingerprint density at radius 2 is 2.32 bits per heavy atom. The smallest absolute Gasteiger partial charge is 0.239 e. The fourth-order valence-corrected chi connectivity index (χ4v) is 3.82. The average Bonchev–Trinajstić information content (AvgIpc) is 2.96. The maximum absolute atomic E-state index is 12.1. The Morgan fingerprint density at radius 1 is 1.58 bits per heavy atom. The Labute approximate surface area is 117 Å². The Bertz CT molecular complexity index is 539. The van der Waals surface area contributed by atoms with Crippen molar-refractivity contribution in [2.45, 2.75) is 25.3 Å². The number of sulfonamides is 1. The Balaban J connectivity index is 2.04. The van der Waals surface area contributed by atoms with Crippen molar-refractivity contribution in [3.8, 4) is 0 Å². The van der Waals surface area contributed by atoms with Crippen molar-refractivity contribution in [3.63, 3.8) is 0 Å². The summed E-state index contributed by atoms with van der Waals surface area (Å²) in [6.07, 6.45) is 0.891. The summed E-state index contributed by atoms with van der Waals surface area (Å²) in [5, 5.41) is 4.12. The number of rotatable bonds is 4. The summed E-state index contributed by atoms with van der Waals surface area (Å²) in [6.45, 7) is 2.58. The van der Waals surface area contributed by atoms with Crippen molar-refractivity contribution in [2.75, 3.05) is 19.3 Å². The van der Waals surface area contributed by atoms with Crippen LogP contribution in [0.2, 0.25) is 0 Å². The van der Waals surface area contributed by atoms with E-state index in [-0.39, 0.29) is 11.9 Å². The summed E-state index contributed by atoms with van der Waals surface area (Å²) in [7, 11) is -2.17. The SMILES string of the molecule is CNS(=O)(=O)CC(=O)N1C[C@@H](c2ccsc2)C[C@H]1C. The van der Waals surface area contributed by atoms with Gasteiger partial charge in [0.05, 0.1) is 0 Å². The van der Waals surface area contributed by atoms with Gasteiger partial charge in [0.1, 0.15) is 5.75 Å². The second kappa shape index (κ2) is 5.60. The van der Waals surface area contributed by atoms with Gasteiger partial charge in [-0.15, -0.1) is 0 Å². The standard InChI is InChI=1S/C12H18N2O3S2/c1-9-5-11(10-3-4-18-7-10)6-14(9)12(15)8-19(16,17)13-2/h3-4,7,9,11,13H,5-6,8H2,1-2H3/t9-,11+/m1/s1. The molecule has 1 amide bonds. The van der Waals surface area contributed by atoms with Crippen molar-refractivity contribution in [3.05, 3.63) is 22.4 Å². The van der Waals surface area contributed by atoms with E-state index < -0.39 is 15.8 Å². The van der Waals surface area contributed by atoms with Gasteiger partial charge in [-0.3, -0.25) is 4.79 Å². The molecule has 1 N–H and O–H groups in total. The van der Waals surface area contributed by atoms with E-state index in [1.54, 1.807) is 16.2 Å². The molecule has 5 nitrogen and oxygen atoms in total. The molecule has 0 aliphatic carbocycles. The van der Waals surface area contributed by atoms with Gasteiger partial charge in [0.2, 0.25) is 15.9 Å².